The molecule has 0 radical (unpaired) electrons. The van der Waals surface area contributed by atoms with Crippen LogP contribution in [0.15, 0.2) is 59.9 Å². The van der Waals surface area contributed by atoms with Crippen molar-refractivity contribution in [1.82, 2.24) is 0 Å². The van der Waals surface area contributed by atoms with Gasteiger partial charge < -0.3 is 5.11 Å². The first-order valence-corrected chi connectivity index (χ1v) is 5.17. The van der Waals surface area contributed by atoms with Gasteiger partial charge in [-0.25, -0.2) is 6.07 Å². The number of rotatable bonds is 1. The molecule has 1 aromatic carbocycles. The van der Waals surface area contributed by atoms with Gasteiger partial charge in [-0.1, -0.05) is 44.6 Å². The van der Waals surface area contributed by atoms with Crippen LogP contribution < -0.4 is 5.11 Å². The molecular formula is C14H16FeO. The van der Waals surface area contributed by atoms with Crippen molar-refractivity contribution in [3.8, 4) is 0 Å². The molecule has 1 aromatic rings. The van der Waals surface area contributed by atoms with Gasteiger partial charge >= 0.3 is 17.1 Å². The van der Waals surface area contributed by atoms with E-state index in [2.05, 4.69) is 31.2 Å². The zero-order chi connectivity index (χ0) is 11.1. The van der Waals surface area contributed by atoms with Gasteiger partial charge in [-0.05, 0) is 5.57 Å². The molecule has 0 fully saturated rings. The molecule has 0 N–H and O–H groups in total. The van der Waals surface area contributed by atoms with Gasteiger partial charge in [0.1, 0.15) is 0 Å². The SMILES string of the molecule is CC([O-])=C1C=CC=C1.CCc1cc[cH-]c1.[Fe+2]. The Kier molecular flexibility index (Phi) is 7.53. The van der Waals surface area contributed by atoms with E-state index in [0.717, 1.165) is 12.0 Å². The van der Waals surface area contributed by atoms with E-state index in [1.165, 1.54) is 5.56 Å². The number of hydrogen-bond acceptors (Lipinski definition) is 1. The van der Waals surface area contributed by atoms with E-state index in [4.69, 9.17) is 0 Å². The summed E-state index contributed by atoms with van der Waals surface area (Å²) in [6.07, 6.45) is 8.49. The van der Waals surface area contributed by atoms with Gasteiger partial charge in [0.15, 0.2) is 0 Å². The van der Waals surface area contributed by atoms with Crippen molar-refractivity contribution in [1.29, 1.82) is 0 Å². The molecule has 0 bridgehead atoms. The third-order valence-corrected chi connectivity index (χ3v) is 2.21. The second-order valence-electron chi connectivity index (χ2n) is 3.38. The van der Waals surface area contributed by atoms with Crippen LogP contribution in [0.5, 0.6) is 0 Å². The van der Waals surface area contributed by atoms with Crippen LogP contribution in [-0.4, -0.2) is 0 Å². The van der Waals surface area contributed by atoms with Gasteiger partial charge in [-0.2, -0.15) is 23.8 Å². The molecule has 86 valence electrons. The molecule has 1 nitrogen and oxygen atoms in total. The second-order valence-corrected chi connectivity index (χ2v) is 3.38. The van der Waals surface area contributed by atoms with Crippen LogP contribution >= 0.6 is 0 Å². The van der Waals surface area contributed by atoms with Crippen molar-refractivity contribution in [3.05, 3.63) is 65.5 Å². The minimum Gasteiger partial charge on any atom is -0.875 e. The number of hydrogen-bond donors (Lipinski definition) is 0. The van der Waals surface area contributed by atoms with E-state index in [-0.39, 0.29) is 22.8 Å². The Labute approximate surface area is 108 Å². The largest absolute Gasteiger partial charge is 2.00 e. The summed E-state index contributed by atoms with van der Waals surface area (Å²) in [5.74, 6) is 0.134. The average molecular weight is 256 g/mol. The van der Waals surface area contributed by atoms with Crippen molar-refractivity contribution in [3.63, 3.8) is 0 Å². The van der Waals surface area contributed by atoms with Crippen molar-refractivity contribution >= 4 is 0 Å². The quantitative estimate of drug-likeness (QED) is 0.430. The Balaban J connectivity index is 0.000000267. The topological polar surface area (TPSA) is 23.1 Å². The smallest absolute Gasteiger partial charge is 0.875 e. The molecule has 2 heteroatoms. The predicted octanol–water partition coefficient (Wildman–Crippen LogP) is 2.71. The molecule has 0 amide bonds. The molecule has 0 saturated heterocycles. The van der Waals surface area contributed by atoms with E-state index < -0.39 is 0 Å². The first kappa shape index (κ1) is 14.9. The summed E-state index contributed by atoms with van der Waals surface area (Å²) in [7, 11) is 0. The molecule has 0 unspecified atom stereocenters. The summed E-state index contributed by atoms with van der Waals surface area (Å²) in [6.45, 7) is 3.73. The van der Waals surface area contributed by atoms with Gasteiger partial charge in [0, 0.05) is 0 Å². The van der Waals surface area contributed by atoms with E-state index in [1.54, 1.807) is 6.92 Å². The average Bonchev–Trinajstić information content (AvgIpc) is 2.92. The first-order chi connectivity index (χ1) is 7.24. The molecule has 16 heavy (non-hydrogen) atoms. The van der Waals surface area contributed by atoms with Crippen LogP contribution in [-0.2, 0) is 23.5 Å². The molecule has 0 saturated carbocycles. The summed E-state index contributed by atoms with van der Waals surface area (Å²) in [5.41, 5.74) is 2.23. The summed E-state index contributed by atoms with van der Waals surface area (Å²) in [5, 5.41) is 10.5. The molecule has 0 spiro atoms. The van der Waals surface area contributed by atoms with E-state index in [1.807, 2.05) is 24.3 Å². The number of aryl methyl sites for hydroxylation is 1. The monoisotopic (exact) mass is 256 g/mol. The normalized spacial score (nSPS) is 11.8. The van der Waals surface area contributed by atoms with Crippen molar-refractivity contribution in [2.45, 2.75) is 20.3 Å². The standard InChI is InChI=1S/C7H8O.C7H9.Fe/c1-6(8)7-4-2-3-5-7;1-2-7-5-3-4-6-7;/h2-5,8H,1H3;3-6H,2H2,1H3;/q;-1;+2/p-1. The Morgan fingerprint density at radius 1 is 1.31 bits per heavy atom. The van der Waals surface area contributed by atoms with E-state index in [9.17, 15) is 5.11 Å². The molecule has 0 heterocycles. The maximum absolute atomic E-state index is 10.5. The van der Waals surface area contributed by atoms with Crippen LogP contribution in [0.3, 0.4) is 0 Å². The number of allylic oxidation sites excluding steroid dienone is 6. The third kappa shape index (κ3) is 5.11. The summed E-state index contributed by atoms with van der Waals surface area (Å²) in [4.78, 5) is 0. The van der Waals surface area contributed by atoms with Crippen molar-refractivity contribution in [2.75, 3.05) is 0 Å². The van der Waals surface area contributed by atoms with E-state index in [0.29, 0.717) is 0 Å². The minimum absolute atomic E-state index is 0. The van der Waals surface area contributed by atoms with E-state index >= 15 is 0 Å². The molecule has 0 atom stereocenters. The fourth-order valence-electron chi connectivity index (χ4n) is 1.26. The van der Waals surface area contributed by atoms with Gasteiger partial charge in [-0.3, -0.25) is 0 Å². The fraction of sp³-hybridized carbons (Fsp3) is 0.214. The summed E-state index contributed by atoms with van der Waals surface area (Å²) >= 11 is 0. The summed E-state index contributed by atoms with van der Waals surface area (Å²) in [6, 6.07) is 8.41. The fourth-order valence-corrected chi connectivity index (χ4v) is 1.26. The van der Waals surface area contributed by atoms with Crippen molar-refractivity contribution in [2.24, 2.45) is 0 Å². The van der Waals surface area contributed by atoms with Crippen LogP contribution in [0.1, 0.15) is 19.4 Å². The molecular weight excluding hydrogens is 240 g/mol. The molecule has 1 aliphatic carbocycles. The van der Waals surface area contributed by atoms with Gasteiger partial charge in [-0.15, -0.1) is 5.76 Å². The summed E-state index contributed by atoms with van der Waals surface area (Å²) < 4.78 is 0. The van der Waals surface area contributed by atoms with Gasteiger partial charge in [0.25, 0.3) is 0 Å². The van der Waals surface area contributed by atoms with Crippen molar-refractivity contribution < 1.29 is 22.2 Å². The van der Waals surface area contributed by atoms with Crippen LogP contribution in [0.25, 0.3) is 0 Å². The Morgan fingerprint density at radius 2 is 1.94 bits per heavy atom. The van der Waals surface area contributed by atoms with Crippen LogP contribution in [0.4, 0.5) is 0 Å². The Morgan fingerprint density at radius 3 is 2.19 bits per heavy atom. The van der Waals surface area contributed by atoms with Gasteiger partial charge in [0.05, 0.1) is 0 Å². The van der Waals surface area contributed by atoms with Crippen LogP contribution in [0, 0.1) is 0 Å². The Bertz CT molecular complexity index is 351. The molecule has 0 aliphatic heterocycles. The van der Waals surface area contributed by atoms with Crippen LogP contribution in [0.2, 0.25) is 0 Å². The minimum atomic E-state index is 0. The molecule has 1 aliphatic rings. The van der Waals surface area contributed by atoms with Gasteiger partial charge in [0.2, 0.25) is 0 Å². The molecule has 0 aromatic heterocycles. The second kappa shape index (κ2) is 8.09. The predicted molar refractivity (Wildman–Crippen MR) is 62.4 cm³/mol. The maximum Gasteiger partial charge on any atom is 2.00 e. The first-order valence-electron chi connectivity index (χ1n) is 5.17. The Hall–Kier alpha value is -1.11. The zero-order valence-corrected chi connectivity index (χ0v) is 10.7. The maximum atomic E-state index is 10.5. The zero-order valence-electron chi connectivity index (χ0n) is 9.59. The third-order valence-electron chi connectivity index (χ3n) is 2.21. The molecule has 2 rings (SSSR count).